The fourth-order valence-electron chi connectivity index (χ4n) is 1.83. The van der Waals surface area contributed by atoms with Crippen molar-refractivity contribution in [3.63, 3.8) is 0 Å². The molecule has 1 unspecified atom stereocenters. The Labute approximate surface area is 120 Å². The van der Waals surface area contributed by atoms with Gasteiger partial charge in [0.15, 0.2) is 0 Å². The Kier molecular flexibility index (Phi) is 4.19. The lowest BCUT2D eigenvalue weighted by molar-refractivity contribution is -0.134. The molecule has 1 saturated heterocycles. The molecule has 1 aliphatic heterocycles. The average molecular weight is 297 g/mol. The van der Waals surface area contributed by atoms with E-state index in [9.17, 15) is 14.4 Å². The molecule has 1 atom stereocenters. The van der Waals surface area contributed by atoms with Crippen LogP contribution in [0.4, 0.5) is 5.82 Å². The summed E-state index contributed by atoms with van der Waals surface area (Å²) in [7, 11) is 1.65. The zero-order valence-corrected chi connectivity index (χ0v) is 11.5. The van der Waals surface area contributed by atoms with Gasteiger partial charge in [-0.15, -0.1) is 0 Å². The molecule has 1 fully saturated rings. The highest BCUT2D eigenvalue weighted by molar-refractivity contribution is 6.30. The Morgan fingerprint density at radius 2 is 2.20 bits per heavy atom. The van der Waals surface area contributed by atoms with Crippen molar-refractivity contribution in [2.45, 2.75) is 18.9 Å². The van der Waals surface area contributed by atoms with E-state index < -0.39 is 17.9 Å². The van der Waals surface area contributed by atoms with Crippen LogP contribution < -0.4 is 16.0 Å². The summed E-state index contributed by atoms with van der Waals surface area (Å²) in [4.78, 5) is 38.6. The molecule has 7 nitrogen and oxygen atoms in total. The number of nitrogens with zero attached hydrogens (tertiary/aromatic N) is 1. The van der Waals surface area contributed by atoms with Crippen LogP contribution in [0.2, 0.25) is 5.15 Å². The minimum absolute atomic E-state index is 0.172. The Morgan fingerprint density at radius 1 is 1.45 bits per heavy atom. The molecule has 0 bridgehead atoms. The lowest BCUT2D eigenvalue weighted by Crippen LogP contribution is -2.52. The molecule has 0 radical (unpaired) electrons. The average Bonchev–Trinajstić information content (AvgIpc) is 2.41. The molecule has 0 aromatic carbocycles. The summed E-state index contributed by atoms with van der Waals surface area (Å²) >= 11 is 5.81. The van der Waals surface area contributed by atoms with Gasteiger partial charge in [-0.1, -0.05) is 11.6 Å². The van der Waals surface area contributed by atoms with Crippen molar-refractivity contribution in [2.75, 3.05) is 12.4 Å². The molecule has 1 aliphatic rings. The van der Waals surface area contributed by atoms with Gasteiger partial charge in [-0.05, 0) is 18.6 Å². The van der Waals surface area contributed by atoms with E-state index in [2.05, 4.69) is 20.9 Å². The Bertz CT molecular complexity index is 576. The number of pyridine rings is 1. The van der Waals surface area contributed by atoms with E-state index in [1.54, 1.807) is 7.05 Å². The number of rotatable bonds is 3. The molecule has 20 heavy (non-hydrogen) atoms. The Hall–Kier alpha value is -2.15. The van der Waals surface area contributed by atoms with Gasteiger partial charge in [-0.25, -0.2) is 4.98 Å². The maximum absolute atomic E-state index is 12.1. The van der Waals surface area contributed by atoms with Crippen LogP contribution >= 0.6 is 11.6 Å². The molecule has 3 N–H and O–H groups in total. The lowest BCUT2D eigenvalue weighted by atomic mass is 10.1. The minimum Gasteiger partial charge on any atom is -0.373 e. The maximum atomic E-state index is 12.1. The molecule has 1 aromatic rings. The van der Waals surface area contributed by atoms with E-state index in [1.807, 2.05) is 0 Å². The number of carbonyl (C=O) groups is 3. The summed E-state index contributed by atoms with van der Waals surface area (Å²) in [6.45, 7) is 0. The summed E-state index contributed by atoms with van der Waals surface area (Å²) in [5, 5.41) is 7.70. The second kappa shape index (κ2) is 5.87. The molecule has 8 heteroatoms. The number of piperidine rings is 1. The van der Waals surface area contributed by atoms with E-state index in [0.29, 0.717) is 11.4 Å². The van der Waals surface area contributed by atoms with Crippen molar-refractivity contribution >= 4 is 35.1 Å². The number of amides is 3. The van der Waals surface area contributed by atoms with Crippen LogP contribution in [-0.4, -0.2) is 35.8 Å². The molecule has 0 aliphatic carbocycles. The first kappa shape index (κ1) is 14.3. The van der Waals surface area contributed by atoms with Crippen molar-refractivity contribution in [1.29, 1.82) is 0 Å². The fraction of sp³-hybridized carbons (Fsp3) is 0.333. The molecular formula is C12H13ClN4O3. The van der Waals surface area contributed by atoms with Crippen LogP contribution in [0.5, 0.6) is 0 Å². The molecule has 0 saturated carbocycles. The highest BCUT2D eigenvalue weighted by atomic mass is 35.5. The number of nitrogens with one attached hydrogen (secondary N) is 3. The lowest BCUT2D eigenvalue weighted by Gasteiger charge is -2.21. The molecular weight excluding hydrogens is 284 g/mol. The van der Waals surface area contributed by atoms with Gasteiger partial charge >= 0.3 is 0 Å². The summed E-state index contributed by atoms with van der Waals surface area (Å²) in [5.74, 6) is -0.820. The zero-order valence-electron chi connectivity index (χ0n) is 10.7. The predicted molar refractivity (Wildman–Crippen MR) is 72.4 cm³/mol. The van der Waals surface area contributed by atoms with Gasteiger partial charge < -0.3 is 10.6 Å². The highest BCUT2D eigenvalue weighted by Crippen LogP contribution is 2.15. The van der Waals surface area contributed by atoms with Gasteiger partial charge in [0.1, 0.15) is 17.0 Å². The number of hydrogen-bond donors (Lipinski definition) is 3. The van der Waals surface area contributed by atoms with Crippen molar-refractivity contribution in [1.82, 2.24) is 15.6 Å². The van der Waals surface area contributed by atoms with Crippen LogP contribution in [-0.2, 0) is 9.59 Å². The van der Waals surface area contributed by atoms with Gasteiger partial charge in [-0.3, -0.25) is 19.7 Å². The third-order valence-electron chi connectivity index (χ3n) is 2.86. The molecule has 1 aromatic heterocycles. The van der Waals surface area contributed by atoms with Crippen molar-refractivity contribution in [3.8, 4) is 0 Å². The number of imide groups is 1. The first-order valence-electron chi connectivity index (χ1n) is 5.99. The van der Waals surface area contributed by atoms with Crippen LogP contribution in [0.25, 0.3) is 0 Å². The van der Waals surface area contributed by atoms with Crippen molar-refractivity contribution < 1.29 is 14.4 Å². The first-order chi connectivity index (χ1) is 9.49. The number of aromatic nitrogens is 1. The standard InChI is InChI=1S/C12H13ClN4O3/c1-14-9-5-6(4-8(13)16-9)11(19)15-7-2-3-10(18)17-12(7)20/h4-5,7H,2-3H2,1H3,(H,14,16)(H,15,19)(H,17,18,20). The predicted octanol–water partition coefficient (Wildman–Crippen LogP) is 0.312. The smallest absolute Gasteiger partial charge is 0.252 e. The van der Waals surface area contributed by atoms with Crippen LogP contribution in [0.15, 0.2) is 12.1 Å². The van der Waals surface area contributed by atoms with E-state index in [-0.39, 0.29) is 23.9 Å². The van der Waals surface area contributed by atoms with Gasteiger partial charge in [0.2, 0.25) is 11.8 Å². The van der Waals surface area contributed by atoms with Gasteiger partial charge in [0.25, 0.3) is 5.91 Å². The molecule has 2 rings (SSSR count). The zero-order chi connectivity index (χ0) is 14.7. The van der Waals surface area contributed by atoms with Gasteiger partial charge in [0, 0.05) is 19.0 Å². The van der Waals surface area contributed by atoms with Crippen LogP contribution in [0, 0.1) is 0 Å². The number of carbonyl (C=O) groups excluding carboxylic acids is 3. The molecule has 2 heterocycles. The Balaban J connectivity index is 2.10. The summed E-state index contributed by atoms with van der Waals surface area (Å²) < 4.78 is 0. The third-order valence-corrected chi connectivity index (χ3v) is 3.05. The van der Waals surface area contributed by atoms with Gasteiger partial charge in [0.05, 0.1) is 0 Å². The van der Waals surface area contributed by atoms with Crippen molar-refractivity contribution in [2.24, 2.45) is 0 Å². The second-order valence-electron chi connectivity index (χ2n) is 4.29. The monoisotopic (exact) mass is 296 g/mol. The van der Waals surface area contributed by atoms with E-state index in [1.165, 1.54) is 12.1 Å². The third kappa shape index (κ3) is 3.24. The molecule has 3 amide bonds. The van der Waals surface area contributed by atoms with Crippen LogP contribution in [0.3, 0.4) is 0 Å². The normalized spacial score (nSPS) is 18.4. The number of hydrogen-bond acceptors (Lipinski definition) is 5. The SMILES string of the molecule is CNc1cc(C(=O)NC2CCC(=O)NC2=O)cc(Cl)n1. The largest absolute Gasteiger partial charge is 0.373 e. The summed E-state index contributed by atoms with van der Waals surface area (Å²) in [5.41, 5.74) is 0.291. The van der Waals surface area contributed by atoms with E-state index in [0.717, 1.165) is 0 Å². The number of anilines is 1. The Morgan fingerprint density at radius 3 is 2.85 bits per heavy atom. The topological polar surface area (TPSA) is 100 Å². The highest BCUT2D eigenvalue weighted by Gasteiger charge is 2.28. The summed E-state index contributed by atoms with van der Waals surface area (Å²) in [6.07, 6.45) is 0.490. The van der Waals surface area contributed by atoms with E-state index in [4.69, 9.17) is 11.6 Å². The molecule has 0 spiro atoms. The quantitative estimate of drug-likeness (QED) is 0.551. The van der Waals surface area contributed by atoms with E-state index >= 15 is 0 Å². The van der Waals surface area contributed by atoms with Gasteiger partial charge in [-0.2, -0.15) is 0 Å². The van der Waals surface area contributed by atoms with Crippen molar-refractivity contribution in [3.05, 3.63) is 22.8 Å². The maximum Gasteiger partial charge on any atom is 0.252 e. The number of halogens is 1. The molecule has 106 valence electrons. The fourth-order valence-corrected chi connectivity index (χ4v) is 2.04. The van der Waals surface area contributed by atoms with Crippen LogP contribution in [0.1, 0.15) is 23.2 Å². The second-order valence-corrected chi connectivity index (χ2v) is 4.68. The minimum atomic E-state index is -0.717. The summed E-state index contributed by atoms with van der Waals surface area (Å²) in [6, 6.07) is 2.21. The first-order valence-corrected chi connectivity index (χ1v) is 6.37.